The van der Waals surface area contributed by atoms with Gasteiger partial charge in [0.05, 0.1) is 36.9 Å². The number of aryl methyl sites for hydroxylation is 1. The predicted octanol–water partition coefficient (Wildman–Crippen LogP) is 4.39. The first kappa shape index (κ1) is 24.1. The molecule has 2 aromatic carbocycles. The lowest BCUT2D eigenvalue weighted by atomic mass is 10.1. The van der Waals surface area contributed by atoms with Gasteiger partial charge in [-0.05, 0) is 51.0 Å². The van der Waals surface area contributed by atoms with Crippen LogP contribution in [0.1, 0.15) is 40.2 Å². The Kier molecular flexibility index (Phi) is 7.19. The number of ether oxygens (including phenoxy) is 2. The van der Waals surface area contributed by atoms with Gasteiger partial charge in [0.15, 0.2) is 11.5 Å². The summed E-state index contributed by atoms with van der Waals surface area (Å²) >= 11 is 0. The predicted molar refractivity (Wildman–Crippen MR) is 135 cm³/mol. The number of carbonyl (C=O) groups is 2. The molecule has 2 heterocycles. The largest absolute Gasteiger partial charge is 0.493 e. The van der Waals surface area contributed by atoms with Crippen molar-refractivity contribution >= 4 is 23.6 Å². The molecule has 0 saturated carbocycles. The number of para-hydroxylation sites is 1. The third-order valence-corrected chi connectivity index (χ3v) is 6.15. The van der Waals surface area contributed by atoms with Crippen LogP contribution in [0, 0.1) is 13.8 Å². The number of aromatic nitrogens is 2. The van der Waals surface area contributed by atoms with E-state index < -0.39 is 0 Å². The second kappa shape index (κ2) is 10.5. The average molecular weight is 475 g/mol. The Bertz CT molecular complexity index is 1260. The molecule has 1 aliphatic rings. The molecule has 1 aliphatic heterocycles. The fraction of sp³-hybridized carbons (Fsp3) is 0.296. The first-order chi connectivity index (χ1) is 16.9. The third-order valence-electron chi connectivity index (χ3n) is 6.15. The Morgan fingerprint density at radius 1 is 1.00 bits per heavy atom. The highest BCUT2D eigenvalue weighted by molar-refractivity contribution is 6.08. The van der Waals surface area contributed by atoms with Gasteiger partial charge in [0, 0.05) is 36.5 Å². The molecule has 35 heavy (non-hydrogen) atoms. The van der Waals surface area contributed by atoms with E-state index in [2.05, 4.69) is 10.4 Å². The molecule has 0 spiro atoms. The molecule has 0 unspecified atom stereocenters. The van der Waals surface area contributed by atoms with Crippen LogP contribution in [0.4, 0.5) is 5.69 Å². The summed E-state index contributed by atoms with van der Waals surface area (Å²) in [5.74, 6) is 0.362. The third kappa shape index (κ3) is 5.06. The molecule has 0 radical (unpaired) electrons. The number of amides is 2. The van der Waals surface area contributed by atoms with Gasteiger partial charge in [-0.15, -0.1) is 0 Å². The Morgan fingerprint density at radius 3 is 2.31 bits per heavy atom. The van der Waals surface area contributed by atoms with Gasteiger partial charge in [-0.3, -0.25) is 9.59 Å². The van der Waals surface area contributed by atoms with Crippen LogP contribution in [0.2, 0.25) is 0 Å². The lowest BCUT2D eigenvalue weighted by Gasteiger charge is -2.19. The van der Waals surface area contributed by atoms with Crippen LogP contribution in [0.15, 0.2) is 48.5 Å². The summed E-state index contributed by atoms with van der Waals surface area (Å²) < 4.78 is 12.6. The zero-order valence-electron chi connectivity index (χ0n) is 20.5. The lowest BCUT2D eigenvalue weighted by Crippen LogP contribution is -2.28. The van der Waals surface area contributed by atoms with Crippen molar-refractivity contribution < 1.29 is 19.1 Å². The maximum absolute atomic E-state index is 13.2. The van der Waals surface area contributed by atoms with E-state index >= 15 is 0 Å². The van der Waals surface area contributed by atoms with E-state index in [4.69, 9.17) is 9.47 Å². The van der Waals surface area contributed by atoms with E-state index in [0.717, 1.165) is 35.5 Å². The minimum absolute atomic E-state index is 0.140. The van der Waals surface area contributed by atoms with Crippen LogP contribution in [0.25, 0.3) is 11.8 Å². The number of nitrogens with one attached hydrogen (secondary N) is 1. The molecule has 1 aromatic heterocycles. The molecule has 0 bridgehead atoms. The first-order valence-corrected chi connectivity index (χ1v) is 11.6. The molecule has 8 heteroatoms. The topological polar surface area (TPSA) is 85.7 Å². The fourth-order valence-electron chi connectivity index (χ4n) is 4.30. The zero-order chi connectivity index (χ0) is 24.9. The van der Waals surface area contributed by atoms with Gasteiger partial charge in [-0.2, -0.15) is 5.10 Å². The molecule has 8 nitrogen and oxygen atoms in total. The molecule has 2 amide bonds. The monoisotopic (exact) mass is 474 g/mol. The summed E-state index contributed by atoms with van der Waals surface area (Å²) in [4.78, 5) is 27.9. The summed E-state index contributed by atoms with van der Waals surface area (Å²) in [6.45, 7) is 5.27. The standard InChI is InChI=1S/C27H30N4O4/c1-18-21(19(2)31(29-18)20-10-6-5-7-11-20)12-13-26(32)28-23-17-25(35-4)24(34-3)16-22(23)27(33)30-14-8-9-15-30/h5-7,10-13,16-17H,8-9,14-15H2,1-4H3,(H,28,32)/b13-12+. The zero-order valence-corrected chi connectivity index (χ0v) is 20.5. The number of likely N-dealkylation sites (tertiary alicyclic amines) is 1. The van der Waals surface area contributed by atoms with Crippen LogP contribution >= 0.6 is 0 Å². The SMILES string of the molecule is COc1cc(NC(=O)/C=C/c2c(C)nn(-c3ccccc3)c2C)c(C(=O)N2CCCC2)cc1OC. The van der Waals surface area contributed by atoms with Crippen molar-refractivity contribution in [2.24, 2.45) is 0 Å². The van der Waals surface area contributed by atoms with Gasteiger partial charge >= 0.3 is 0 Å². The number of nitrogens with zero attached hydrogens (tertiary/aromatic N) is 3. The van der Waals surface area contributed by atoms with Crippen LogP contribution in [0.3, 0.4) is 0 Å². The van der Waals surface area contributed by atoms with E-state index in [-0.39, 0.29) is 11.8 Å². The molecule has 1 saturated heterocycles. The van der Waals surface area contributed by atoms with Crippen molar-refractivity contribution in [1.29, 1.82) is 0 Å². The number of hydrogen-bond donors (Lipinski definition) is 1. The number of hydrogen-bond acceptors (Lipinski definition) is 5. The van der Waals surface area contributed by atoms with Crippen molar-refractivity contribution in [2.45, 2.75) is 26.7 Å². The Balaban J connectivity index is 1.60. The number of methoxy groups -OCH3 is 2. The Hall–Kier alpha value is -4.07. The van der Waals surface area contributed by atoms with E-state index in [1.54, 1.807) is 23.1 Å². The van der Waals surface area contributed by atoms with E-state index in [1.807, 2.05) is 48.9 Å². The van der Waals surface area contributed by atoms with E-state index in [9.17, 15) is 9.59 Å². The van der Waals surface area contributed by atoms with Crippen molar-refractivity contribution in [1.82, 2.24) is 14.7 Å². The highest BCUT2D eigenvalue weighted by atomic mass is 16.5. The molecule has 1 fully saturated rings. The first-order valence-electron chi connectivity index (χ1n) is 11.6. The van der Waals surface area contributed by atoms with Crippen LogP contribution in [0.5, 0.6) is 11.5 Å². The lowest BCUT2D eigenvalue weighted by molar-refractivity contribution is -0.111. The Morgan fingerprint density at radius 2 is 1.66 bits per heavy atom. The maximum Gasteiger partial charge on any atom is 0.256 e. The second-order valence-corrected chi connectivity index (χ2v) is 8.41. The van der Waals surface area contributed by atoms with Crippen molar-refractivity contribution in [3.63, 3.8) is 0 Å². The molecule has 4 rings (SSSR count). The maximum atomic E-state index is 13.2. The summed E-state index contributed by atoms with van der Waals surface area (Å²) in [6.07, 6.45) is 5.14. The van der Waals surface area contributed by atoms with E-state index in [1.165, 1.54) is 20.3 Å². The molecule has 0 atom stereocenters. The molecular formula is C27H30N4O4. The quantitative estimate of drug-likeness (QED) is 0.513. The normalized spacial score (nSPS) is 13.3. The van der Waals surface area contributed by atoms with Gasteiger partial charge in [0.2, 0.25) is 5.91 Å². The van der Waals surface area contributed by atoms with Gasteiger partial charge in [-0.1, -0.05) is 18.2 Å². The summed E-state index contributed by atoms with van der Waals surface area (Å²) in [5, 5.41) is 7.47. The Labute approximate surface area is 205 Å². The van der Waals surface area contributed by atoms with Gasteiger partial charge in [0.1, 0.15) is 0 Å². The highest BCUT2D eigenvalue weighted by Crippen LogP contribution is 2.34. The number of carbonyl (C=O) groups excluding carboxylic acids is 2. The van der Waals surface area contributed by atoms with Crippen molar-refractivity contribution in [3.05, 3.63) is 71.1 Å². The molecule has 3 aromatic rings. The number of anilines is 1. The van der Waals surface area contributed by atoms with Crippen LogP contribution in [-0.4, -0.2) is 53.8 Å². The van der Waals surface area contributed by atoms with Crippen molar-refractivity contribution in [3.8, 4) is 17.2 Å². The van der Waals surface area contributed by atoms with Gasteiger partial charge < -0.3 is 19.7 Å². The fourth-order valence-corrected chi connectivity index (χ4v) is 4.30. The molecule has 0 aliphatic carbocycles. The van der Waals surface area contributed by atoms with Crippen LogP contribution in [-0.2, 0) is 4.79 Å². The molecular weight excluding hydrogens is 444 g/mol. The van der Waals surface area contributed by atoms with Gasteiger partial charge in [0.25, 0.3) is 5.91 Å². The number of rotatable bonds is 7. The van der Waals surface area contributed by atoms with Gasteiger partial charge in [-0.25, -0.2) is 4.68 Å². The minimum Gasteiger partial charge on any atom is -0.493 e. The smallest absolute Gasteiger partial charge is 0.256 e. The van der Waals surface area contributed by atoms with Crippen molar-refractivity contribution in [2.75, 3.05) is 32.6 Å². The average Bonchev–Trinajstić information content (AvgIpc) is 3.51. The van der Waals surface area contributed by atoms with E-state index in [0.29, 0.717) is 35.8 Å². The minimum atomic E-state index is -0.362. The molecule has 1 N–H and O–H groups in total. The second-order valence-electron chi connectivity index (χ2n) is 8.41. The molecule has 182 valence electrons. The highest BCUT2D eigenvalue weighted by Gasteiger charge is 2.24. The van der Waals surface area contributed by atoms with Crippen LogP contribution < -0.4 is 14.8 Å². The summed E-state index contributed by atoms with van der Waals surface area (Å²) in [6, 6.07) is 13.1. The summed E-state index contributed by atoms with van der Waals surface area (Å²) in [5.41, 5.74) is 4.30. The number of benzene rings is 2. The summed E-state index contributed by atoms with van der Waals surface area (Å²) in [7, 11) is 3.03.